The van der Waals surface area contributed by atoms with Crippen molar-refractivity contribution in [2.75, 3.05) is 13.6 Å². The molecule has 50 heavy (non-hydrogen) atoms. The Hall–Kier alpha value is -4.38. The number of amides is 2. The molecule has 0 radical (unpaired) electrons. The molecule has 264 valence electrons. The van der Waals surface area contributed by atoms with E-state index in [0.29, 0.717) is 13.0 Å². The van der Waals surface area contributed by atoms with Crippen molar-refractivity contribution in [2.24, 2.45) is 5.92 Å². The Morgan fingerprint density at radius 3 is 2.04 bits per heavy atom. The standard InChI is InChI=1S/C41H49N3O6/c1-27-37(25-44(4)28(2)38(47)33-13-9-6-10-14-33)49-40(50-39(27)34-19-17-32(26-45)18-20-34)35-21-15-31(16-22-35)24-42-41(48)43-36(29(3)46)23-30-11-7-5-8-12-30/h5-22,27-28,36-40,45,47H,23-26H2,1-4H3,(H2,42,43,48)/t27-,28-,36+,37+,38-,39+,40?/m0/s1. The molecule has 0 aromatic heterocycles. The monoisotopic (exact) mass is 679 g/mol. The van der Waals surface area contributed by atoms with Crippen LogP contribution in [0.4, 0.5) is 4.79 Å². The van der Waals surface area contributed by atoms with Crippen molar-refractivity contribution in [3.8, 4) is 0 Å². The summed E-state index contributed by atoms with van der Waals surface area (Å²) in [6.07, 6.45) is -1.38. The molecule has 7 atom stereocenters. The molecule has 0 aliphatic carbocycles. The number of aliphatic hydroxyl groups excluding tert-OH is 2. The van der Waals surface area contributed by atoms with Gasteiger partial charge in [-0.05, 0) is 55.1 Å². The van der Waals surface area contributed by atoms with Crippen LogP contribution in [0.1, 0.15) is 72.6 Å². The van der Waals surface area contributed by atoms with Gasteiger partial charge in [0.2, 0.25) is 0 Å². The van der Waals surface area contributed by atoms with Crippen LogP contribution in [0, 0.1) is 5.92 Å². The van der Waals surface area contributed by atoms with E-state index in [9.17, 15) is 19.8 Å². The van der Waals surface area contributed by atoms with Crippen molar-refractivity contribution in [3.05, 3.63) is 143 Å². The fourth-order valence-corrected chi connectivity index (χ4v) is 6.28. The number of carbonyl (C=O) groups is 2. The molecule has 5 rings (SSSR count). The number of nitrogens with zero attached hydrogens (tertiary/aromatic N) is 1. The Bertz CT molecular complexity index is 1650. The van der Waals surface area contributed by atoms with Crippen molar-refractivity contribution in [1.29, 1.82) is 0 Å². The van der Waals surface area contributed by atoms with Crippen molar-refractivity contribution in [3.63, 3.8) is 0 Å². The van der Waals surface area contributed by atoms with Gasteiger partial charge in [-0.1, -0.05) is 116 Å². The van der Waals surface area contributed by atoms with Crippen molar-refractivity contribution >= 4 is 11.8 Å². The first-order valence-corrected chi connectivity index (χ1v) is 17.2. The van der Waals surface area contributed by atoms with E-state index in [1.54, 1.807) is 0 Å². The molecule has 0 bridgehead atoms. The maximum absolute atomic E-state index is 12.7. The summed E-state index contributed by atoms with van der Waals surface area (Å²) in [4.78, 5) is 27.1. The van der Waals surface area contributed by atoms with E-state index in [-0.39, 0.29) is 43.1 Å². The molecule has 9 nitrogen and oxygen atoms in total. The third kappa shape index (κ3) is 9.65. The van der Waals surface area contributed by atoms with E-state index in [0.717, 1.165) is 33.4 Å². The number of hydrogen-bond donors (Lipinski definition) is 4. The molecule has 9 heteroatoms. The number of likely N-dealkylation sites (N-methyl/N-ethyl adjacent to an activating group) is 1. The highest BCUT2D eigenvalue weighted by Crippen LogP contribution is 2.42. The molecule has 1 unspecified atom stereocenters. The number of nitrogens with one attached hydrogen (secondary N) is 2. The summed E-state index contributed by atoms with van der Waals surface area (Å²) in [6, 6.07) is 33.6. The van der Waals surface area contributed by atoms with E-state index < -0.39 is 24.5 Å². The number of aliphatic hydroxyl groups is 2. The highest BCUT2D eigenvalue weighted by atomic mass is 16.7. The molecule has 1 saturated heterocycles. The van der Waals surface area contributed by atoms with Gasteiger partial charge in [-0.3, -0.25) is 9.69 Å². The van der Waals surface area contributed by atoms with Gasteiger partial charge in [0.1, 0.15) is 0 Å². The van der Waals surface area contributed by atoms with E-state index in [1.165, 1.54) is 6.92 Å². The molecule has 1 aliphatic rings. The average molecular weight is 680 g/mol. The molecule has 0 saturated carbocycles. The lowest BCUT2D eigenvalue weighted by molar-refractivity contribution is -0.276. The molecule has 1 fully saturated rings. The maximum atomic E-state index is 12.7. The van der Waals surface area contributed by atoms with Gasteiger partial charge in [0.25, 0.3) is 0 Å². The third-order valence-electron chi connectivity index (χ3n) is 9.67. The lowest BCUT2D eigenvalue weighted by atomic mass is 9.89. The predicted molar refractivity (Wildman–Crippen MR) is 193 cm³/mol. The summed E-state index contributed by atoms with van der Waals surface area (Å²) in [5, 5.41) is 26.4. The van der Waals surface area contributed by atoms with Crippen molar-refractivity contribution in [2.45, 2.75) is 77.0 Å². The third-order valence-corrected chi connectivity index (χ3v) is 9.67. The van der Waals surface area contributed by atoms with E-state index in [4.69, 9.17) is 9.47 Å². The average Bonchev–Trinajstić information content (AvgIpc) is 3.15. The highest BCUT2D eigenvalue weighted by Gasteiger charge is 2.39. The molecule has 0 spiro atoms. The van der Waals surface area contributed by atoms with Crippen LogP contribution in [0.3, 0.4) is 0 Å². The zero-order valence-corrected chi connectivity index (χ0v) is 29.2. The highest BCUT2D eigenvalue weighted by molar-refractivity contribution is 5.87. The summed E-state index contributed by atoms with van der Waals surface area (Å²) in [5.74, 6) is -0.124. The van der Waals surface area contributed by atoms with Gasteiger partial charge in [0.05, 0.1) is 31.0 Å². The van der Waals surface area contributed by atoms with E-state index >= 15 is 0 Å². The number of ether oxygens (including phenoxy) is 2. The zero-order valence-electron chi connectivity index (χ0n) is 29.2. The van der Waals surface area contributed by atoms with Crippen LogP contribution in [-0.4, -0.2) is 58.7 Å². The van der Waals surface area contributed by atoms with E-state index in [2.05, 4.69) is 22.5 Å². The lowest BCUT2D eigenvalue weighted by Gasteiger charge is -2.43. The van der Waals surface area contributed by atoms with Crippen LogP contribution < -0.4 is 10.6 Å². The first kappa shape index (κ1) is 36.9. The first-order chi connectivity index (χ1) is 24.1. The number of rotatable bonds is 14. The summed E-state index contributed by atoms with van der Waals surface area (Å²) in [6.45, 7) is 6.43. The second-order valence-corrected chi connectivity index (χ2v) is 13.3. The Morgan fingerprint density at radius 2 is 1.42 bits per heavy atom. The quantitative estimate of drug-likeness (QED) is 0.129. The Balaban J connectivity index is 1.26. The zero-order chi connectivity index (χ0) is 35.6. The van der Waals surface area contributed by atoms with E-state index in [1.807, 2.05) is 123 Å². The SMILES string of the molecule is CC(=O)[C@@H](Cc1ccccc1)NC(=O)NCc1ccc(C2O[C@H](CN(C)[C@@H](C)[C@H](O)c3ccccc3)[C@H](C)[C@H](c3ccc(CO)cc3)O2)cc1. The van der Waals surface area contributed by atoms with Gasteiger partial charge < -0.3 is 30.3 Å². The number of Topliss-reactive ketones (excluding diaryl/α,β-unsaturated/α-hetero) is 1. The van der Waals surface area contributed by atoms with Gasteiger partial charge in [-0.15, -0.1) is 0 Å². The lowest BCUT2D eigenvalue weighted by Crippen LogP contribution is -2.46. The Morgan fingerprint density at radius 1 is 0.820 bits per heavy atom. The summed E-state index contributed by atoms with van der Waals surface area (Å²) >= 11 is 0. The number of benzene rings is 4. The molecule has 1 aliphatic heterocycles. The second kappa shape index (κ2) is 17.5. The topological polar surface area (TPSA) is 120 Å². The van der Waals surface area contributed by atoms with Crippen LogP contribution in [0.5, 0.6) is 0 Å². The van der Waals surface area contributed by atoms with Crippen LogP contribution >= 0.6 is 0 Å². The normalized spacial score (nSPS) is 20.9. The van der Waals surface area contributed by atoms with Crippen molar-refractivity contribution < 1.29 is 29.3 Å². The molecule has 1 heterocycles. The minimum Gasteiger partial charge on any atom is -0.392 e. The number of urea groups is 1. The van der Waals surface area contributed by atoms with Gasteiger partial charge >= 0.3 is 6.03 Å². The number of carbonyl (C=O) groups excluding carboxylic acids is 2. The fourth-order valence-electron chi connectivity index (χ4n) is 6.28. The maximum Gasteiger partial charge on any atom is 0.315 e. The van der Waals surface area contributed by atoms with Crippen LogP contribution in [0.15, 0.2) is 109 Å². The smallest absolute Gasteiger partial charge is 0.315 e. The molecular weight excluding hydrogens is 630 g/mol. The Kier molecular flexibility index (Phi) is 12.9. The number of ketones is 1. The molecule has 2 amide bonds. The van der Waals surface area contributed by atoms with Gasteiger partial charge in [0, 0.05) is 30.6 Å². The summed E-state index contributed by atoms with van der Waals surface area (Å²) < 4.78 is 13.3. The van der Waals surface area contributed by atoms with Crippen LogP contribution in [0.2, 0.25) is 0 Å². The minimum atomic E-state index is -0.658. The van der Waals surface area contributed by atoms with Crippen LogP contribution in [0.25, 0.3) is 0 Å². The first-order valence-electron chi connectivity index (χ1n) is 17.2. The summed E-state index contributed by atoms with van der Waals surface area (Å²) in [7, 11) is 2.00. The Labute approximate surface area is 295 Å². The molecular formula is C41H49N3O6. The molecule has 4 aromatic carbocycles. The van der Waals surface area contributed by atoms with Gasteiger partial charge in [-0.2, -0.15) is 0 Å². The van der Waals surface area contributed by atoms with Gasteiger partial charge in [0.15, 0.2) is 12.1 Å². The molecule has 4 N–H and O–H groups in total. The largest absolute Gasteiger partial charge is 0.392 e. The fraction of sp³-hybridized carbons (Fsp3) is 0.366. The predicted octanol–water partition coefficient (Wildman–Crippen LogP) is 6.02. The number of hydrogen-bond acceptors (Lipinski definition) is 7. The van der Waals surface area contributed by atoms with Crippen LogP contribution in [-0.2, 0) is 33.8 Å². The summed E-state index contributed by atoms with van der Waals surface area (Å²) in [5.41, 5.74) is 5.39. The van der Waals surface area contributed by atoms with Crippen molar-refractivity contribution in [1.82, 2.24) is 15.5 Å². The van der Waals surface area contributed by atoms with Gasteiger partial charge in [-0.25, -0.2) is 4.79 Å². The minimum absolute atomic E-state index is 0.0163. The molecule has 4 aromatic rings. The second-order valence-electron chi connectivity index (χ2n) is 13.3.